The highest BCUT2D eigenvalue weighted by atomic mass is 16.5. The molecule has 0 bridgehead atoms. The first-order valence-electron chi connectivity index (χ1n) is 22.3. The Kier molecular flexibility index (Phi) is 26.1. The number of primary amides is 1. The van der Waals surface area contributed by atoms with Crippen molar-refractivity contribution in [3.63, 3.8) is 0 Å². The van der Waals surface area contributed by atoms with Crippen LogP contribution in [0.5, 0.6) is 0 Å². The molecule has 0 spiro atoms. The molecule has 14 N–H and O–H groups in total. The number of ether oxygens (including phenoxy) is 1. The van der Waals surface area contributed by atoms with E-state index >= 15 is 0 Å². The van der Waals surface area contributed by atoms with Crippen molar-refractivity contribution >= 4 is 53.3 Å². The van der Waals surface area contributed by atoms with Crippen LogP contribution in [0.2, 0.25) is 0 Å². The van der Waals surface area contributed by atoms with Gasteiger partial charge in [-0.1, -0.05) is 85.5 Å². The highest BCUT2D eigenvalue weighted by Gasteiger charge is 2.38. The molecule has 21 heteroatoms. The van der Waals surface area contributed by atoms with E-state index in [1.54, 1.807) is 27.7 Å². The van der Waals surface area contributed by atoms with Gasteiger partial charge in [0.25, 0.3) is 0 Å². The summed E-state index contributed by atoms with van der Waals surface area (Å²) in [6.45, 7) is 10.9. The standard InChI is InChI=1S/C42H76N10O11/c1-23(2)32-37(58)50-33(24(3)4)38(59)52-34(26(6)53)39(60)48-29(19-20-30(43)55)36(57)47-25(5)41(62)63-27(7)35(40(61)51-32)49-31(56)22-28(54)18-16-14-12-10-8-9-11-13-15-17-21-46-42(44)45/h23-29,32-35,53-54H,8-22H2,1-7H3,(H2,43,55)(H,47,57)(H,48,60)(H,49,56)(H,50,58)(H,51,61)(H,52,59)(H4,44,45,46)/t25-,26+,27+,28-,29-,32-,33+,34-,35+/m1/s1. The molecule has 0 aromatic carbocycles. The van der Waals surface area contributed by atoms with Gasteiger partial charge in [-0.2, -0.15) is 0 Å². The molecular formula is C42H76N10O11. The van der Waals surface area contributed by atoms with E-state index in [0.717, 1.165) is 57.8 Å². The molecule has 0 aliphatic carbocycles. The van der Waals surface area contributed by atoms with Crippen LogP contribution >= 0.6 is 0 Å². The zero-order valence-electron chi connectivity index (χ0n) is 38.2. The quantitative estimate of drug-likeness (QED) is 0.0273. The zero-order chi connectivity index (χ0) is 47.8. The number of hydrogen-bond acceptors (Lipinski definition) is 12. The van der Waals surface area contributed by atoms with Gasteiger partial charge in [-0.15, -0.1) is 0 Å². The monoisotopic (exact) mass is 897 g/mol. The number of nitrogens with zero attached hydrogens (tertiary/aromatic N) is 1. The summed E-state index contributed by atoms with van der Waals surface area (Å²) in [6, 6.07) is -8.70. The minimum Gasteiger partial charge on any atom is -0.458 e. The summed E-state index contributed by atoms with van der Waals surface area (Å²) < 4.78 is 5.56. The second-order valence-electron chi connectivity index (χ2n) is 17.2. The number of cyclic esters (lactones) is 1. The number of carbonyl (C=O) groups excluding carboxylic acids is 8. The molecule has 1 fully saturated rings. The summed E-state index contributed by atoms with van der Waals surface area (Å²) in [5.41, 5.74) is 16.0. The van der Waals surface area contributed by atoms with Gasteiger partial charge in [0.1, 0.15) is 42.4 Å². The number of nitrogens with one attached hydrogen (secondary N) is 6. The summed E-state index contributed by atoms with van der Waals surface area (Å²) in [5.74, 6) is -8.16. The van der Waals surface area contributed by atoms with E-state index in [1.807, 2.05) is 0 Å². The number of nitrogens with two attached hydrogens (primary N) is 3. The molecule has 0 aromatic rings. The van der Waals surface area contributed by atoms with Crippen LogP contribution in [0.4, 0.5) is 0 Å². The van der Waals surface area contributed by atoms with Crippen molar-refractivity contribution in [2.75, 3.05) is 6.54 Å². The van der Waals surface area contributed by atoms with Crippen LogP contribution in [0.1, 0.15) is 138 Å². The molecule has 0 aromatic heterocycles. The van der Waals surface area contributed by atoms with Gasteiger partial charge in [-0.25, -0.2) is 4.79 Å². The van der Waals surface area contributed by atoms with E-state index in [-0.39, 0.29) is 25.2 Å². The van der Waals surface area contributed by atoms with Crippen molar-refractivity contribution in [1.82, 2.24) is 31.9 Å². The molecule has 9 atom stereocenters. The van der Waals surface area contributed by atoms with E-state index in [9.17, 15) is 48.6 Å². The molecule has 0 unspecified atom stereocenters. The molecule has 21 nitrogen and oxygen atoms in total. The van der Waals surface area contributed by atoms with Gasteiger partial charge < -0.3 is 64.1 Å². The molecule has 1 aliphatic rings. The molecule has 0 saturated carbocycles. The first kappa shape index (κ1) is 56.0. The Labute approximate surface area is 371 Å². The van der Waals surface area contributed by atoms with Gasteiger partial charge >= 0.3 is 5.97 Å². The second kappa shape index (κ2) is 29.3. The van der Waals surface area contributed by atoms with Gasteiger partial charge in [-0.3, -0.25) is 38.6 Å². The van der Waals surface area contributed by atoms with E-state index < -0.39 is 114 Å². The lowest BCUT2D eigenvalue weighted by atomic mass is 9.98. The molecule has 1 rings (SSSR count). The first-order valence-corrected chi connectivity index (χ1v) is 22.3. The molecule has 63 heavy (non-hydrogen) atoms. The van der Waals surface area contributed by atoms with Crippen LogP contribution in [0.25, 0.3) is 0 Å². The smallest absolute Gasteiger partial charge is 0.328 e. The van der Waals surface area contributed by atoms with Crippen molar-refractivity contribution < 1.29 is 53.3 Å². The fourth-order valence-corrected chi connectivity index (χ4v) is 6.81. The number of aliphatic hydroxyl groups is 2. The van der Waals surface area contributed by atoms with Gasteiger partial charge in [0.05, 0.1) is 18.6 Å². The number of guanidine groups is 1. The third-order valence-electron chi connectivity index (χ3n) is 10.6. The lowest BCUT2D eigenvalue weighted by Crippen LogP contribution is -2.63. The van der Waals surface area contributed by atoms with Crippen molar-refractivity contribution in [3.05, 3.63) is 0 Å². The highest BCUT2D eigenvalue weighted by molar-refractivity contribution is 5.97. The molecule has 1 saturated heterocycles. The Hall–Kier alpha value is -5.05. The maximum absolute atomic E-state index is 14.0. The predicted octanol–water partition coefficient (Wildman–Crippen LogP) is -0.866. The minimum atomic E-state index is -1.64. The Balaban J connectivity index is 3.21. The average molecular weight is 897 g/mol. The fraction of sp³-hybridized carbons (Fsp3) is 0.786. The number of hydrogen-bond donors (Lipinski definition) is 11. The number of aliphatic hydroxyl groups excluding tert-OH is 2. The van der Waals surface area contributed by atoms with Crippen LogP contribution < -0.4 is 49.1 Å². The largest absolute Gasteiger partial charge is 0.458 e. The third kappa shape index (κ3) is 22.2. The lowest BCUT2D eigenvalue weighted by molar-refractivity contribution is -0.155. The van der Waals surface area contributed by atoms with E-state index in [4.69, 9.17) is 21.9 Å². The van der Waals surface area contributed by atoms with E-state index in [1.165, 1.54) is 20.8 Å². The second-order valence-corrected chi connectivity index (χ2v) is 17.2. The van der Waals surface area contributed by atoms with Gasteiger partial charge in [0.15, 0.2) is 5.96 Å². The SMILES string of the molecule is CC(C)[C@@H]1NC(=O)[C@@H](C(C)C)NC(=O)[C@@H](NC(=O)C[C@H](O)CCCCCCCCCCCCN=C(N)N)[C@H](C)OC(=O)[C@@H](C)NC(=O)[C@@H](CCC(N)=O)NC(=O)[C@@H]([C@H](C)O)NC1=O. The number of rotatable bonds is 22. The Morgan fingerprint density at radius 2 is 1.14 bits per heavy atom. The maximum atomic E-state index is 14.0. The van der Waals surface area contributed by atoms with Crippen molar-refractivity contribution in [2.24, 2.45) is 34.0 Å². The third-order valence-corrected chi connectivity index (χ3v) is 10.6. The maximum Gasteiger partial charge on any atom is 0.328 e. The number of amides is 7. The van der Waals surface area contributed by atoms with Crippen LogP contribution in [0.15, 0.2) is 4.99 Å². The summed E-state index contributed by atoms with van der Waals surface area (Å²) >= 11 is 0. The van der Waals surface area contributed by atoms with Gasteiger partial charge in [0, 0.05) is 13.0 Å². The topological polar surface area (TPSA) is 349 Å². The van der Waals surface area contributed by atoms with Crippen molar-refractivity contribution in [3.8, 4) is 0 Å². The summed E-state index contributed by atoms with van der Waals surface area (Å²) in [4.78, 5) is 110. The molecule has 360 valence electrons. The molecule has 0 radical (unpaired) electrons. The Morgan fingerprint density at radius 1 is 0.667 bits per heavy atom. The minimum absolute atomic E-state index is 0.112. The normalized spacial score (nSPS) is 24.3. The summed E-state index contributed by atoms with van der Waals surface area (Å²) in [6.07, 6.45) is 5.43. The molecule has 1 aliphatic heterocycles. The molecule has 7 amide bonds. The average Bonchev–Trinajstić information content (AvgIpc) is 3.18. The van der Waals surface area contributed by atoms with Crippen molar-refractivity contribution in [2.45, 2.75) is 193 Å². The summed E-state index contributed by atoms with van der Waals surface area (Å²) in [7, 11) is 0. The fourth-order valence-electron chi connectivity index (χ4n) is 6.81. The number of esters is 1. The molecule has 1 heterocycles. The number of aliphatic imine (C=N–C) groups is 1. The summed E-state index contributed by atoms with van der Waals surface area (Å²) in [5, 5.41) is 36.2. The van der Waals surface area contributed by atoms with Crippen LogP contribution in [0, 0.1) is 11.8 Å². The van der Waals surface area contributed by atoms with E-state index in [2.05, 4.69) is 36.9 Å². The van der Waals surface area contributed by atoms with Crippen LogP contribution in [-0.2, 0) is 43.1 Å². The molecular weight excluding hydrogens is 821 g/mol. The van der Waals surface area contributed by atoms with Crippen molar-refractivity contribution in [1.29, 1.82) is 0 Å². The predicted molar refractivity (Wildman–Crippen MR) is 235 cm³/mol. The lowest BCUT2D eigenvalue weighted by Gasteiger charge is -2.31. The van der Waals surface area contributed by atoms with Gasteiger partial charge in [-0.05, 0) is 51.9 Å². The van der Waals surface area contributed by atoms with Gasteiger partial charge in [0.2, 0.25) is 41.4 Å². The first-order chi connectivity index (χ1) is 29.5. The van der Waals surface area contributed by atoms with E-state index in [0.29, 0.717) is 19.4 Å². The Morgan fingerprint density at radius 3 is 1.63 bits per heavy atom. The highest BCUT2D eigenvalue weighted by Crippen LogP contribution is 2.15. The van der Waals surface area contributed by atoms with Crippen LogP contribution in [-0.4, -0.2) is 125 Å². The number of carbonyl (C=O) groups is 8. The Bertz CT molecular complexity index is 1540. The number of unbranched alkanes of at least 4 members (excludes halogenated alkanes) is 9. The van der Waals surface area contributed by atoms with Crippen LogP contribution in [0.3, 0.4) is 0 Å². The zero-order valence-corrected chi connectivity index (χ0v) is 38.2.